The van der Waals surface area contributed by atoms with E-state index in [0.29, 0.717) is 10.7 Å². The first-order valence-corrected chi connectivity index (χ1v) is 8.06. The minimum absolute atomic E-state index is 0.250. The van der Waals surface area contributed by atoms with E-state index in [1.807, 2.05) is 0 Å². The summed E-state index contributed by atoms with van der Waals surface area (Å²) in [4.78, 5) is 0.250. The van der Waals surface area contributed by atoms with Crippen LogP contribution in [0.3, 0.4) is 0 Å². The van der Waals surface area contributed by atoms with Gasteiger partial charge in [0.2, 0.25) is 0 Å². The van der Waals surface area contributed by atoms with Gasteiger partial charge in [0.05, 0.1) is 15.6 Å². The van der Waals surface area contributed by atoms with Crippen molar-refractivity contribution in [1.29, 1.82) is 0 Å². The van der Waals surface area contributed by atoms with E-state index < -0.39 is 10.0 Å². The summed E-state index contributed by atoms with van der Waals surface area (Å²) in [6.45, 7) is 0.844. The third kappa shape index (κ3) is 2.46. The Morgan fingerprint density at radius 2 is 1.95 bits per heavy atom. The van der Waals surface area contributed by atoms with Crippen LogP contribution < -0.4 is 10.0 Å². The molecule has 0 aliphatic carbocycles. The second-order valence-electron chi connectivity index (χ2n) is 4.58. The van der Waals surface area contributed by atoms with Crippen molar-refractivity contribution in [2.75, 3.05) is 16.6 Å². The minimum Gasteiger partial charge on any atom is -0.384 e. The molecule has 1 aliphatic rings. The molecule has 0 bridgehead atoms. The van der Waals surface area contributed by atoms with E-state index in [-0.39, 0.29) is 4.90 Å². The summed E-state index contributed by atoms with van der Waals surface area (Å²) in [7, 11) is -3.62. The van der Waals surface area contributed by atoms with Crippen LogP contribution in [0.5, 0.6) is 0 Å². The molecule has 2 aromatic rings. The predicted molar refractivity (Wildman–Crippen MR) is 80.9 cm³/mol. The lowest BCUT2D eigenvalue weighted by Gasteiger charge is -2.10. The number of nitrogens with one attached hydrogen (secondary N) is 2. The Kier molecular flexibility index (Phi) is 3.31. The Labute approximate surface area is 122 Å². The summed E-state index contributed by atoms with van der Waals surface area (Å²) in [5, 5.41) is 3.58. The number of fused-ring (bicyclic) bond motifs is 1. The van der Waals surface area contributed by atoms with E-state index in [2.05, 4.69) is 10.0 Å². The number of rotatable bonds is 3. The second-order valence-corrected chi connectivity index (χ2v) is 6.67. The lowest BCUT2D eigenvalue weighted by atomic mass is 10.2. The highest BCUT2D eigenvalue weighted by Gasteiger charge is 2.19. The fraction of sp³-hybridized carbons (Fsp3) is 0.143. The quantitative estimate of drug-likeness (QED) is 0.916. The molecule has 0 saturated heterocycles. The van der Waals surface area contributed by atoms with Crippen molar-refractivity contribution < 1.29 is 8.42 Å². The number of para-hydroxylation sites is 1. The van der Waals surface area contributed by atoms with E-state index in [1.165, 1.54) is 0 Å². The maximum Gasteiger partial charge on any atom is 0.261 e. The number of benzene rings is 2. The van der Waals surface area contributed by atoms with E-state index in [9.17, 15) is 8.42 Å². The molecule has 1 heterocycles. The van der Waals surface area contributed by atoms with Gasteiger partial charge in [0, 0.05) is 12.2 Å². The van der Waals surface area contributed by atoms with Gasteiger partial charge in [-0.05, 0) is 42.3 Å². The van der Waals surface area contributed by atoms with Crippen LogP contribution in [-0.2, 0) is 16.4 Å². The molecule has 2 aromatic carbocycles. The molecule has 0 aromatic heterocycles. The zero-order valence-electron chi connectivity index (χ0n) is 10.6. The molecular formula is C14H13ClN2O2S. The lowest BCUT2D eigenvalue weighted by Crippen LogP contribution is -2.13. The van der Waals surface area contributed by atoms with E-state index >= 15 is 0 Å². The normalized spacial score (nSPS) is 13.7. The number of hydrogen-bond acceptors (Lipinski definition) is 3. The topological polar surface area (TPSA) is 58.2 Å². The molecule has 0 unspecified atom stereocenters. The first-order valence-electron chi connectivity index (χ1n) is 6.20. The lowest BCUT2D eigenvalue weighted by molar-refractivity contribution is 0.601. The highest BCUT2D eigenvalue weighted by Crippen LogP contribution is 2.28. The first kappa shape index (κ1) is 13.3. The van der Waals surface area contributed by atoms with E-state index in [0.717, 1.165) is 24.2 Å². The molecule has 0 fully saturated rings. The Bertz CT molecular complexity index is 760. The Morgan fingerprint density at radius 1 is 1.15 bits per heavy atom. The van der Waals surface area contributed by atoms with Gasteiger partial charge >= 0.3 is 0 Å². The summed E-state index contributed by atoms with van der Waals surface area (Å²) < 4.78 is 27.2. The largest absolute Gasteiger partial charge is 0.384 e. The molecule has 0 atom stereocenters. The Balaban J connectivity index is 1.94. The fourth-order valence-corrected chi connectivity index (χ4v) is 3.57. The van der Waals surface area contributed by atoms with Crippen molar-refractivity contribution in [3.63, 3.8) is 0 Å². The van der Waals surface area contributed by atoms with Gasteiger partial charge in [0.1, 0.15) is 0 Å². The molecule has 104 valence electrons. The van der Waals surface area contributed by atoms with Gasteiger partial charge < -0.3 is 5.32 Å². The maximum atomic E-state index is 12.4. The number of hydrogen-bond donors (Lipinski definition) is 2. The van der Waals surface area contributed by atoms with Crippen LogP contribution in [0.25, 0.3) is 0 Å². The summed E-state index contributed by atoms with van der Waals surface area (Å²) in [6, 6.07) is 11.9. The Hall–Kier alpha value is -1.72. The van der Waals surface area contributed by atoms with Crippen LogP contribution in [0.1, 0.15) is 5.56 Å². The van der Waals surface area contributed by atoms with Crippen molar-refractivity contribution >= 4 is 33.0 Å². The zero-order valence-corrected chi connectivity index (χ0v) is 12.1. The van der Waals surface area contributed by atoms with Gasteiger partial charge in [0.25, 0.3) is 10.0 Å². The van der Waals surface area contributed by atoms with Crippen LogP contribution in [0, 0.1) is 0 Å². The molecular weight excluding hydrogens is 296 g/mol. The smallest absolute Gasteiger partial charge is 0.261 e. The molecule has 0 saturated carbocycles. The average molecular weight is 309 g/mol. The number of anilines is 2. The van der Waals surface area contributed by atoms with Crippen molar-refractivity contribution in [1.82, 2.24) is 0 Å². The van der Waals surface area contributed by atoms with Crippen molar-refractivity contribution in [3.8, 4) is 0 Å². The van der Waals surface area contributed by atoms with Crippen LogP contribution in [0.2, 0.25) is 5.02 Å². The zero-order chi connectivity index (χ0) is 14.2. The van der Waals surface area contributed by atoms with Crippen molar-refractivity contribution in [2.24, 2.45) is 0 Å². The van der Waals surface area contributed by atoms with Gasteiger partial charge in [0.15, 0.2) is 0 Å². The molecule has 6 heteroatoms. The molecule has 0 radical (unpaired) electrons. The standard InChI is InChI=1S/C14H13ClN2O2S/c15-12-3-1-2-4-14(12)17-20(18,19)11-5-6-13-10(9-11)7-8-16-13/h1-6,9,16-17H,7-8H2. The van der Waals surface area contributed by atoms with Crippen LogP contribution in [0.4, 0.5) is 11.4 Å². The van der Waals surface area contributed by atoms with E-state index in [4.69, 9.17) is 11.6 Å². The average Bonchev–Trinajstić information content (AvgIpc) is 2.88. The van der Waals surface area contributed by atoms with Gasteiger partial charge in [-0.2, -0.15) is 0 Å². The van der Waals surface area contributed by atoms with Gasteiger partial charge in [-0.1, -0.05) is 23.7 Å². The molecule has 3 rings (SSSR count). The summed E-state index contributed by atoms with van der Waals surface area (Å²) >= 11 is 5.97. The van der Waals surface area contributed by atoms with Crippen LogP contribution in [0.15, 0.2) is 47.4 Å². The third-order valence-corrected chi connectivity index (χ3v) is 4.91. The van der Waals surface area contributed by atoms with Crippen LogP contribution in [-0.4, -0.2) is 15.0 Å². The monoisotopic (exact) mass is 308 g/mol. The predicted octanol–water partition coefficient (Wildman–Crippen LogP) is 3.11. The Morgan fingerprint density at radius 3 is 2.75 bits per heavy atom. The van der Waals surface area contributed by atoms with Gasteiger partial charge in [-0.15, -0.1) is 0 Å². The van der Waals surface area contributed by atoms with Gasteiger partial charge in [-0.25, -0.2) is 8.42 Å². The second kappa shape index (κ2) is 5.00. The molecule has 0 amide bonds. The molecule has 2 N–H and O–H groups in total. The maximum absolute atomic E-state index is 12.4. The summed E-state index contributed by atoms with van der Waals surface area (Å²) in [6.07, 6.45) is 0.838. The summed E-state index contributed by atoms with van der Waals surface area (Å²) in [5.74, 6) is 0. The number of sulfonamides is 1. The molecule has 1 aliphatic heterocycles. The minimum atomic E-state index is -3.62. The molecule has 0 spiro atoms. The summed E-state index contributed by atoms with van der Waals surface area (Å²) in [5.41, 5.74) is 2.40. The van der Waals surface area contributed by atoms with Gasteiger partial charge in [-0.3, -0.25) is 4.72 Å². The van der Waals surface area contributed by atoms with Crippen molar-refractivity contribution in [2.45, 2.75) is 11.3 Å². The van der Waals surface area contributed by atoms with Crippen LogP contribution >= 0.6 is 11.6 Å². The number of halogens is 1. The molecule has 20 heavy (non-hydrogen) atoms. The highest BCUT2D eigenvalue weighted by molar-refractivity contribution is 7.92. The van der Waals surface area contributed by atoms with E-state index in [1.54, 1.807) is 42.5 Å². The first-order chi connectivity index (χ1) is 9.56. The highest BCUT2D eigenvalue weighted by atomic mass is 35.5. The van der Waals surface area contributed by atoms with Crippen molar-refractivity contribution in [3.05, 3.63) is 53.1 Å². The fourth-order valence-electron chi connectivity index (χ4n) is 2.20. The molecule has 4 nitrogen and oxygen atoms in total. The SMILES string of the molecule is O=S(=O)(Nc1ccccc1Cl)c1ccc2c(c1)CCN2. The third-order valence-electron chi connectivity index (χ3n) is 3.21.